The molecule has 2 heteroatoms. The minimum atomic E-state index is -0.691. The highest BCUT2D eigenvalue weighted by atomic mass is 16.4. The van der Waals surface area contributed by atoms with E-state index in [-0.39, 0.29) is 6.42 Å². The lowest BCUT2D eigenvalue weighted by molar-refractivity contribution is -0.137. The highest BCUT2D eigenvalue weighted by molar-refractivity contribution is 5.66. The van der Waals surface area contributed by atoms with E-state index in [2.05, 4.69) is 30.9 Å². The van der Waals surface area contributed by atoms with Crippen LogP contribution in [0.1, 0.15) is 110 Å². The number of hydrogen-bond donors (Lipinski definition) is 1. The molecule has 0 spiro atoms. The van der Waals surface area contributed by atoms with Crippen LogP contribution in [0.2, 0.25) is 0 Å². The first-order chi connectivity index (χ1) is 13.7. The maximum absolute atomic E-state index is 10.5. The number of hydrogen-bond acceptors (Lipinski definition) is 1. The Labute approximate surface area is 173 Å². The Bertz CT molecular complexity index is 518. The van der Waals surface area contributed by atoms with Crippen molar-refractivity contribution in [3.63, 3.8) is 0 Å². The van der Waals surface area contributed by atoms with E-state index in [1.165, 1.54) is 70.6 Å². The molecule has 2 aliphatic carbocycles. The summed E-state index contributed by atoms with van der Waals surface area (Å²) in [7, 11) is 0. The molecule has 2 rings (SSSR count). The van der Waals surface area contributed by atoms with Crippen molar-refractivity contribution in [3.8, 4) is 11.8 Å². The van der Waals surface area contributed by atoms with E-state index >= 15 is 0 Å². The van der Waals surface area contributed by atoms with Crippen LogP contribution in [0.4, 0.5) is 0 Å². The summed E-state index contributed by atoms with van der Waals surface area (Å²) >= 11 is 0. The van der Waals surface area contributed by atoms with Crippen LogP contribution in [0.25, 0.3) is 0 Å². The zero-order chi connectivity index (χ0) is 20.0. The van der Waals surface area contributed by atoms with Gasteiger partial charge in [0.15, 0.2) is 0 Å². The van der Waals surface area contributed by atoms with Crippen molar-refractivity contribution in [2.24, 2.45) is 23.7 Å². The van der Waals surface area contributed by atoms with Gasteiger partial charge in [-0.15, -0.1) is 5.92 Å². The van der Waals surface area contributed by atoms with E-state index in [9.17, 15) is 4.79 Å². The molecule has 2 nitrogen and oxygen atoms in total. The number of rotatable bonds is 11. The molecule has 28 heavy (non-hydrogen) atoms. The van der Waals surface area contributed by atoms with Crippen LogP contribution >= 0.6 is 0 Å². The molecular weight excluding hydrogens is 344 g/mol. The molecule has 1 N–H and O–H groups in total. The van der Waals surface area contributed by atoms with Crippen LogP contribution < -0.4 is 0 Å². The first-order valence-corrected chi connectivity index (χ1v) is 12.1. The molecule has 0 heterocycles. The van der Waals surface area contributed by atoms with Crippen LogP contribution in [0.3, 0.4) is 0 Å². The molecule has 0 bridgehead atoms. The fourth-order valence-electron chi connectivity index (χ4n) is 5.30. The van der Waals surface area contributed by atoms with Gasteiger partial charge in [0, 0.05) is 18.8 Å². The second kappa shape index (κ2) is 13.9. The van der Waals surface area contributed by atoms with Gasteiger partial charge in [-0.05, 0) is 62.7 Å². The van der Waals surface area contributed by atoms with E-state index in [0.29, 0.717) is 11.8 Å². The van der Waals surface area contributed by atoms with Crippen molar-refractivity contribution in [3.05, 3.63) is 12.2 Å². The molecular formula is C26H42O2. The van der Waals surface area contributed by atoms with E-state index in [4.69, 9.17) is 5.11 Å². The van der Waals surface area contributed by atoms with Gasteiger partial charge < -0.3 is 5.11 Å². The molecule has 0 amide bonds. The Balaban J connectivity index is 1.63. The van der Waals surface area contributed by atoms with Gasteiger partial charge in [0.2, 0.25) is 0 Å². The summed E-state index contributed by atoms with van der Waals surface area (Å²) in [5.41, 5.74) is 0. The second-order valence-electron chi connectivity index (χ2n) is 9.07. The molecule has 0 saturated heterocycles. The standard InChI is InChI=1S/C26H42O2/c1-2-22(23-15-9-6-10-16-23)14-8-5-11-18-25-20-13-19-24(25)17-7-3-4-12-21-26(27)28/h3,7,22-25H,2,4-6,8-10,12-17,19-21H2,1H3,(H,27,28)/t22?,24-,25-/m0/s1. The molecule has 0 aliphatic heterocycles. The molecule has 2 fully saturated rings. The number of carbonyl (C=O) groups is 1. The monoisotopic (exact) mass is 386 g/mol. The van der Waals surface area contributed by atoms with E-state index < -0.39 is 5.97 Å². The lowest BCUT2D eigenvalue weighted by Gasteiger charge is -2.29. The van der Waals surface area contributed by atoms with Crippen LogP contribution in [0.15, 0.2) is 12.2 Å². The normalized spacial score (nSPS) is 24.2. The van der Waals surface area contributed by atoms with Crippen molar-refractivity contribution < 1.29 is 9.90 Å². The molecule has 3 atom stereocenters. The average Bonchev–Trinajstić information content (AvgIpc) is 3.15. The smallest absolute Gasteiger partial charge is 0.303 e. The van der Waals surface area contributed by atoms with Crippen LogP contribution in [0.5, 0.6) is 0 Å². The topological polar surface area (TPSA) is 37.3 Å². The third-order valence-electron chi connectivity index (χ3n) is 7.03. The summed E-state index contributed by atoms with van der Waals surface area (Å²) in [6.07, 6.45) is 23.8. The Kier molecular flexibility index (Phi) is 11.4. The predicted molar refractivity (Wildman–Crippen MR) is 118 cm³/mol. The van der Waals surface area contributed by atoms with Crippen molar-refractivity contribution in [1.29, 1.82) is 0 Å². The summed E-state index contributed by atoms with van der Waals surface area (Å²) in [4.78, 5) is 10.5. The molecule has 0 aromatic carbocycles. The maximum Gasteiger partial charge on any atom is 0.303 e. The SMILES string of the molecule is CCC(CCCC#C[C@H]1CCC[C@@H]1CC=CCCCC(=O)O)C1CCCCC1. The Morgan fingerprint density at radius 1 is 1.07 bits per heavy atom. The Hall–Kier alpha value is -1.23. The van der Waals surface area contributed by atoms with Crippen LogP contribution in [0, 0.1) is 35.5 Å². The van der Waals surface area contributed by atoms with Gasteiger partial charge in [-0.25, -0.2) is 0 Å². The quantitative estimate of drug-likeness (QED) is 0.228. The van der Waals surface area contributed by atoms with Crippen molar-refractivity contribution in [1.82, 2.24) is 0 Å². The minimum Gasteiger partial charge on any atom is -0.481 e. The van der Waals surface area contributed by atoms with Gasteiger partial charge >= 0.3 is 5.97 Å². The van der Waals surface area contributed by atoms with Crippen molar-refractivity contribution in [2.45, 2.75) is 110 Å². The summed E-state index contributed by atoms with van der Waals surface area (Å²) < 4.78 is 0. The highest BCUT2D eigenvalue weighted by Gasteiger charge is 2.24. The summed E-state index contributed by atoms with van der Waals surface area (Å²) in [6, 6.07) is 0. The molecule has 0 aromatic heterocycles. The summed E-state index contributed by atoms with van der Waals surface area (Å²) in [6.45, 7) is 2.38. The summed E-state index contributed by atoms with van der Waals surface area (Å²) in [5.74, 6) is 9.68. The zero-order valence-corrected chi connectivity index (χ0v) is 18.1. The van der Waals surface area contributed by atoms with E-state index in [0.717, 1.165) is 37.5 Å². The molecule has 0 aromatic rings. The largest absolute Gasteiger partial charge is 0.481 e. The summed E-state index contributed by atoms with van der Waals surface area (Å²) in [5, 5.41) is 8.67. The van der Waals surface area contributed by atoms with Crippen molar-refractivity contribution in [2.75, 3.05) is 0 Å². The zero-order valence-electron chi connectivity index (χ0n) is 18.1. The average molecular weight is 387 g/mol. The first kappa shape index (κ1) is 23.1. The maximum atomic E-state index is 10.5. The number of carboxylic acid groups (broad SMARTS) is 1. The number of allylic oxidation sites excluding steroid dienone is 2. The Morgan fingerprint density at radius 3 is 2.64 bits per heavy atom. The fourth-order valence-corrected chi connectivity index (χ4v) is 5.30. The van der Waals surface area contributed by atoms with E-state index in [1.54, 1.807) is 0 Å². The van der Waals surface area contributed by atoms with Gasteiger partial charge in [-0.2, -0.15) is 0 Å². The van der Waals surface area contributed by atoms with Gasteiger partial charge in [0.25, 0.3) is 0 Å². The van der Waals surface area contributed by atoms with Crippen molar-refractivity contribution >= 4 is 5.97 Å². The number of aliphatic carboxylic acids is 1. The molecule has 0 radical (unpaired) electrons. The third kappa shape index (κ3) is 8.85. The second-order valence-corrected chi connectivity index (χ2v) is 9.07. The van der Waals surface area contributed by atoms with Gasteiger partial charge in [0.05, 0.1) is 0 Å². The number of unbranched alkanes of at least 4 members (excludes halogenated alkanes) is 2. The minimum absolute atomic E-state index is 0.279. The first-order valence-electron chi connectivity index (χ1n) is 12.1. The third-order valence-corrected chi connectivity index (χ3v) is 7.03. The van der Waals surface area contributed by atoms with Gasteiger partial charge in [-0.1, -0.05) is 69.9 Å². The van der Waals surface area contributed by atoms with E-state index in [1.807, 2.05) is 0 Å². The highest BCUT2D eigenvalue weighted by Crippen LogP contribution is 2.35. The molecule has 2 aliphatic rings. The van der Waals surface area contributed by atoms with Crippen LogP contribution in [-0.4, -0.2) is 11.1 Å². The van der Waals surface area contributed by atoms with Gasteiger partial charge in [0.1, 0.15) is 0 Å². The van der Waals surface area contributed by atoms with Crippen LogP contribution in [-0.2, 0) is 4.79 Å². The van der Waals surface area contributed by atoms with Gasteiger partial charge in [-0.3, -0.25) is 4.79 Å². The molecule has 158 valence electrons. The Morgan fingerprint density at radius 2 is 1.89 bits per heavy atom. The predicted octanol–water partition coefficient (Wildman–Crippen LogP) is 7.38. The molecule has 1 unspecified atom stereocenters. The lowest BCUT2D eigenvalue weighted by atomic mass is 9.77. The lowest BCUT2D eigenvalue weighted by Crippen LogP contribution is -2.17. The molecule has 2 saturated carbocycles. The number of carboxylic acids is 1. The fraction of sp³-hybridized carbons (Fsp3) is 0.808.